The van der Waals surface area contributed by atoms with Gasteiger partial charge >= 0.3 is 5.97 Å². The average Bonchev–Trinajstić information content (AvgIpc) is 3.80. The fourth-order valence-electron chi connectivity index (χ4n) is 7.45. The minimum absolute atomic E-state index is 0.00131. The molecular weight excluding hydrogens is 787 g/mol. The third-order valence-corrected chi connectivity index (χ3v) is 11.0. The number of benzene rings is 1. The smallest absolute Gasteiger partial charge is 0.326 e. The SMILES string of the molecule is CC(C)C[C@H](NC(=O)[C@@H](NC(=O)[C@H](Cc1ccc(O)cc1)NC(=O)[C@@H]1CCCN1C(=O)[C@H](CCCN=C(N)N)NC(=O)[C@@H](C)CCCN1CCN(C)C1=N)C(C)(C)C)C(=O)O. The molecule has 2 fully saturated rings. The van der Waals surface area contributed by atoms with Crippen LogP contribution in [0.3, 0.4) is 0 Å². The number of amides is 5. The van der Waals surface area contributed by atoms with E-state index >= 15 is 0 Å². The van der Waals surface area contributed by atoms with Gasteiger partial charge in [0.2, 0.25) is 29.5 Å². The number of guanidine groups is 2. The van der Waals surface area contributed by atoms with Gasteiger partial charge in [0.05, 0.1) is 0 Å². The summed E-state index contributed by atoms with van der Waals surface area (Å²) in [5, 5.41) is 38.9. The van der Waals surface area contributed by atoms with Gasteiger partial charge in [-0.1, -0.05) is 53.7 Å². The molecule has 61 heavy (non-hydrogen) atoms. The Hall–Kier alpha value is -5.62. The number of phenolic OH excluding ortho intramolecular Hbond substituents is 1. The van der Waals surface area contributed by atoms with E-state index in [9.17, 15) is 39.0 Å². The summed E-state index contributed by atoms with van der Waals surface area (Å²) in [7, 11) is 1.87. The molecule has 0 unspecified atom stereocenters. The Morgan fingerprint density at radius 1 is 0.869 bits per heavy atom. The highest BCUT2D eigenvalue weighted by Crippen LogP contribution is 2.23. The largest absolute Gasteiger partial charge is 0.508 e. The van der Waals surface area contributed by atoms with Crippen LogP contribution in [0.25, 0.3) is 0 Å². The van der Waals surface area contributed by atoms with Crippen molar-refractivity contribution < 1.29 is 39.0 Å². The number of rotatable bonds is 22. The lowest BCUT2D eigenvalue weighted by Crippen LogP contribution is -2.61. The van der Waals surface area contributed by atoms with Crippen molar-refractivity contribution in [3.63, 3.8) is 0 Å². The molecule has 0 radical (unpaired) electrons. The van der Waals surface area contributed by atoms with Gasteiger partial charge in [0, 0.05) is 52.1 Å². The van der Waals surface area contributed by atoms with Gasteiger partial charge in [-0.3, -0.25) is 34.4 Å². The molecule has 2 heterocycles. The highest BCUT2D eigenvalue weighted by Gasteiger charge is 2.41. The van der Waals surface area contributed by atoms with E-state index in [0.717, 1.165) is 13.1 Å². The molecular formula is C42H69N11O8. The molecule has 340 valence electrons. The number of nitrogens with zero attached hydrogens (tertiary/aromatic N) is 4. The van der Waals surface area contributed by atoms with Crippen molar-refractivity contribution in [2.24, 2.45) is 33.7 Å². The second-order valence-electron chi connectivity index (χ2n) is 17.7. The zero-order valence-corrected chi connectivity index (χ0v) is 36.8. The number of carbonyl (C=O) groups is 6. The Labute approximate surface area is 359 Å². The summed E-state index contributed by atoms with van der Waals surface area (Å²) < 4.78 is 0. The first kappa shape index (κ1) is 49.7. The molecule has 2 aliphatic heterocycles. The lowest BCUT2D eigenvalue weighted by molar-refractivity contribution is -0.144. The Morgan fingerprint density at radius 3 is 2.10 bits per heavy atom. The van der Waals surface area contributed by atoms with Gasteiger partial charge in [0.1, 0.15) is 36.0 Å². The van der Waals surface area contributed by atoms with Gasteiger partial charge in [-0.15, -0.1) is 0 Å². The third-order valence-electron chi connectivity index (χ3n) is 11.0. The molecule has 19 heteroatoms. The van der Waals surface area contributed by atoms with Crippen molar-refractivity contribution in [3.05, 3.63) is 29.8 Å². The number of aliphatic imine (C=N–C) groups is 1. The summed E-state index contributed by atoms with van der Waals surface area (Å²) in [5.74, 6) is -4.15. The number of likely N-dealkylation sites (N-methyl/N-ethyl adjacent to an activating group) is 1. The number of aliphatic carboxylic acids is 1. The van der Waals surface area contributed by atoms with Crippen LogP contribution in [0.1, 0.15) is 92.1 Å². The van der Waals surface area contributed by atoms with Crippen LogP contribution in [0.15, 0.2) is 29.3 Å². The maximum Gasteiger partial charge on any atom is 0.326 e. The van der Waals surface area contributed by atoms with Gasteiger partial charge in [0.25, 0.3) is 0 Å². The number of nitrogens with two attached hydrogens (primary N) is 2. The Morgan fingerprint density at radius 2 is 1.52 bits per heavy atom. The highest BCUT2D eigenvalue weighted by molar-refractivity contribution is 5.96. The number of hydrogen-bond acceptors (Lipinski definition) is 9. The predicted molar refractivity (Wildman–Crippen MR) is 231 cm³/mol. The van der Waals surface area contributed by atoms with Crippen LogP contribution >= 0.6 is 0 Å². The van der Waals surface area contributed by atoms with Crippen LogP contribution in [0.5, 0.6) is 5.75 Å². The van der Waals surface area contributed by atoms with E-state index in [2.05, 4.69) is 26.3 Å². The van der Waals surface area contributed by atoms with Crippen molar-refractivity contribution in [2.75, 3.05) is 39.8 Å². The van der Waals surface area contributed by atoms with E-state index in [4.69, 9.17) is 16.9 Å². The standard InChI is InChI=1S/C42H69N11O8/c1-25(2)23-31(39(60)61)49-37(58)33(42(4,5)6)50-35(56)30(24-27-14-16-28(54)17-15-27)48-36(57)32-13-10-20-53(32)38(59)29(12-8-18-46-40(43)44)47-34(55)26(3)11-9-19-52-22-21-51(7)41(52)45/h14-17,25-26,29-33,45,54H,8-13,18-24H2,1-7H3,(H,47,55)(H,48,57)(H,49,58)(H,50,56)(H,60,61)(H4,43,44,46)/t26-,29-,30-,31-,32-,33+/m0/s1. The van der Waals surface area contributed by atoms with Gasteiger partial charge in [0.15, 0.2) is 11.9 Å². The van der Waals surface area contributed by atoms with Crippen molar-refractivity contribution in [2.45, 2.75) is 123 Å². The topological polar surface area (TPSA) is 289 Å². The summed E-state index contributed by atoms with van der Waals surface area (Å²) >= 11 is 0. The minimum atomic E-state index is -1.25. The molecule has 1 aromatic carbocycles. The number of nitrogens with one attached hydrogen (secondary N) is 5. The molecule has 2 saturated heterocycles. The van der Waals surface area contributed by atoms with Crippen LogP contribution in [0, 0.1) is 22.7 Å². The first-order chi connectivity index (χ1) is 28.6. The molecule has 0 spiro atoms. The third kappa shape index (κ3) is 15.4. The zero-order chi connectivity index (χ0) is 45.6. The number of carboxylic acid groups (broad SMARTS) is 1. The van der Waals surface area contributed by atoms with Crippen molar-refractivity contribution >= 4 is 47.4 Å². The maximum atomic E-state index is 14.3. The van der Waals surface area contributed by atoms with E-state index in [-0.39, 0.29) is 62.3 Å². The molecule has 1 aromatic rings. The molecule has 0 aliphatic carbocycles. The Balaban J connectivity index is 1.82. The predicted octanol–water partition coefficient (Wildman–Crippen LogP) is 0.694. The van der Waals surface area contributed by atoms with E-state index in [0.29, 0.717) is 43.8 Å². The second-order valence-corrected chi connectivity index (χ2v) is 17.7. The van der Waals surface area contributed by atoms with Crippen LogP contribution in [-0.2, 0) is 35.2 Å². The number of carbonyl (C=O) groups excluding carboxylic acids is 5. The molecule has 0 aromatic heterocycles. The molecule has 6 atom stereocenters. The number of carboxylic acids is 1. The van der Waals surface area contributed by atoms with E-state index in [1.165, 1.54) is 17.0 Å². The second kappa shape index (κ2) is 22.8. The fraction of sp³-hybridized carbons (Fsp3) is 0.667. The van der Waals surface area contributed by atoms with Crippen LogP contribution in [0.4, 0.5) is 0 Å². The lowest BCUT2D eigenvalue weighted by Gasteiger charge is -2.33. The maximum absolute atomic E-state index is 14.3. The van der Waals surface area contributed by atoms with Gasteiger partial charge in [-0.05, 0) is 74.0 Å². The molecule has 2 aliphatic rings. The minimum Gasteiger partial charge on any atom is -0.508 e. The molecule has 11 N–H and O–H groups in total. The zero-order valence-electron chi connectivity index (χ0n) is 36.8. The number of aromatic hydroxyl groups is 1. The number of hydrogen-bond donors (Lipinski definition) is 9. The van der Waals surface area contributed by atoms with Crippen molar-refractivity contribution in [3.8, 4) is 5.75 Å². The highest BCUT2D eigenvalue weighted by atomic mass is 16.4. The Bertz CT molecular complexity index is 1730. The molecule has 0 bridgehead atoms. The summed E-state index contributed by atoms with van der Waals surface area (Å²) in [5.41, 5.74) is 10.7. The molecule has 3 rings (SSSR count). The van der Waals surface area contributed by atoms with Crippen molar-refractivity contribution in [1.29, 1.82) is 5.41 Å². The number of phenols is 1. The van der Waals surface area contributed by atoms with Crippen LogP contribution in [-0.4, -0.2) is 142 Å². The lowest BCUT2D eigenvalue weighted by atomic mass is 9.85. The van der Waals surface area contributed by atoms with Gasteiger partial charge in [-0.25, -0.2) is 4.79 Å². The molecule has 0 saturated carbocycles. The normalized spacial score (nSPS) is 17.9. The molecule has 19 nitrogen and oxygen atoms in total. The van der Waals surface area contributed by atoms with E-state index < -0.39 is 71.1 Å². The first-order valence-corrected chi connectivity index (χ1v) is 21.2. The first-order valence-electron chi connectivity index (χ1n) is 21.2. The van der Waals surface area contributed by atoms with E-state index in [1.54, 1.807) is 39.8 Å². The fourth-order valence-corrected chi connectivity index (χ4v) is 7.45. The monoisotopic (exact) mass is 856 g/mol. The average molecular weight is 856 g/mol. The summed E-state index contributed by atoms with van der Waals surface area (Å²) in [6, 6.07) is 0.458. The van der Waals surface area contributed by atoms with Crippen LogP contribution in [0.2, 0.25) is 0 Å². The van der Waals surface area contributed by atoms with Crippen LogP contribution < -0.4 is 32.7 Å². The van der Waals surface area contributed by atoms with E-state index in [1.807, 2.05) is 30.7 Å². The quantitative estimate of drug-likeness (QED) is 0.0443. The summed E-state index contributed by atoms with van der Waals surface area (Å²) in [6.45, 7) is 13.2. The van der Waals surface area contributed by atoms with Gasteiger partial charge < -0.3 is 57.6 Å². The van der Waals surface area contributed by atoms with Crippen molar-refractivity contribution in [1.82, 2.24) is 36.0 Å². The number of likely N-dealkylation sites (tertiary alicyclic amines) is 1. The summed E-state index contributed by atoms with van der Waals surface area (Å²) in [4.78, 5) is 91.0. The Kier molecular flexibility index (Phi) is 18.6. The summed E-state index contributed by atoms with van der Waals surface area (Å²) in [6.07, 6.45) is 2.66. The van der Waals surface area contributed by atoms with Gasteiger partial charge in [-0.2, -0.15) is 0 Å². The molecule has 5 amide bonds.